The Morgan fingerprint density at radius 1 is 1.03 bits per heavy atom. The first-order valence-electron chi connectivity index (χ1n) is 11.1. The third kappa shape index (κ3) is 4.12. The first-order chi connectivity index (χ1) is 15.1. The molecule has 5 rings (SSSR count). The van der Waals surface area contributed by atoms with Gasteiger partial charge >= 0.3 is 0 Å². The van der Waals surface area contributed by atoms with Crippen LogP contribution >= 0.6 is 11.6 Å². The fourth-order valence-electron chi connectivity index (χ4n) is 4.38. The van der Waals surface area contributed by atoms with E-state index in [0.29, 0.717) is 16.6 Å². The van der Waals surface area contributed by atoms with Crippen molar-refractivity contribution in [1.82, 2.24) is 20.2 Å². The van der Waals surface area contributed by atoms with E-state index in [2.05, 4.69) is 29.7 Å². The zero-order valence-corrected chi connectivity index (χ0v) is 18.5. The summed E-state index contributed by atoms with van der Waals surface area (Å²) in [5, 5.41) is 7.35. The second kappa shape index (κ2) is 8.48. The molecular formula is C25H27ClN4O. The SMILES string of the molecule is Cc1c(C(=O)NN2CCCCC2)nn(-c2ccccc2Cl)c1-c1ccc(C2CC2)cc1. The third-order valence-electron chi connectivity index (χ3n) is 6.27. The number of nitrogens with one attached hydrogen (secondary N) is 1. The Morgan fingerprint density at radius 2 is 1.74 bits per heavy atom. The van der Waals surface area contributed by atoms with Crippen molar-refractivity contribution in [3.8, 4) is 16.9 Å². The second-order valence-corrected chi connectivity index (χ2v) is 8.98. The van der Waals surface area contributed by atoms with Gasteiger partial charge in [0.2, 0.25) is 0 Å². The summed E-state index contributed by atoms with van der Waals surface area (Å²) in [5.41, 5.74) is 8.43. The van der Waals surface area contributed by atoms with E-state index in [4.69, 9.17) is 16.7 Å². The number of aromatic nitrogens is 2. The van der Waals surface area contributed by atoms with Crippen LogP contribution in [0.1, 0.15) is 59.6 Å². The van der Waals surface area contributed by atoms with Gasteiger partial charge in [-0.25, -0.2) is 9.69 Å². The van der Waals surface area contributed by atoms with Crippen LogP contribution in [0.5, 0.6) is 0 Å². The van der Waals surface area contributed by atoms with Crippen LogP contribution in [-0.4, -0.2) is 33.8 Å². The number of piperidine rings is 1. The monoisotopic (exact) mass is 434 g/mol. The molecule has 31 heavy (non-hydrogen) atoms. The number of rotatable bonds is 5. The summed E-state index contributed by atoms with van der Waals surface area (Å²) in [5.74, 6) is 0.538. The van der Waals surface area contributed by atoms with Gasteiger partial charge < -0.3 is 0 Å². The number of halogens is 1. The van der Waals surface area contributed by atoms with E-state index in [9.17, 15) is 4.79 Å². The van der Waals surface area contributed by atoms with Crippen LogP contribution in [0, 0.1) is 6.92 Å². The van der Waals surface area contributed by atoms with Gasteiger partial charge in [0, 0.05) is 24.2 Å². The van der Waals surface area contributed by atoms with Crippen molar-refractivity contribution in [2.24, 2.45) is 0 Å². The molecule has 2 aliphatic rings. The Balaban J connectivity index is 1.56. The first-order valence-corrected chi connectivity index (χ1v) is 11.5. The van der Waals surface area contributed by atoms with E-state index in [1.807, 2.05) is 40.9 Å². The van der Waals surface area contributed by atoms with E-state index in [-0.39, 0.29) is 5.91 Å². The molecule has 0 spiro atoms. The fraction of sp³-hybridized carbons (Fsp3) is 0.360. The highest BCUT2D eigenvalue weighted by atomic mass is 35.5. The molecule has 1 aromatic heterocycles. The standard InChI is InChI=1S/C25H27ClN4O/c1-17-23(25(31)28-29-15-5-2-6-16-29)27-30(22-8-4-3-7-21(22)26)24(17)20-13-11-19(12-14-20)18-9-10-18/h3-4,7-8,11-14,18H,2,5-6,9-10,15-16H2,1H3,(H,28,31). The van der Waals surface area contributed by atoms with Gasteiger partial charge in [0.05, 0.1) is 16.4 Å². The van der Waals surface area contributed by atoms with Crippen molar-refractivity contribution in [1.29, 1.82) is 0 Å². The molecule has 6 heteroatoms. The molecule has 1 saturated heterocycles. The highest BCUT2D eigenvalue weighted by Crippen LogP contribution is 2.41. The lowest BCUT2D eigenvalue weighted by Gasteiger charge is -2.26. The normalized spacial score (nSPS) is 17.0. The minimum absolute atomic E-state index is 0.166. The summed E-state index contributed by atoms with van der Waals surface area (Å²) >= 11 is 6.52. The number of amides is 1. The van der Waals surface area contributed by atoms with Crippen molar-refractivity contribution in [2.75, 3.05) is 13.1 Å². The van der Waals surface area contributed by atoms with Gasteiger partial charge in [-0.05, 0) is 56.2 Å². The minimum Gasteiger partial charge on any atom is -0.283 e. The van der Waals surface area contributed by atoms with Crippen LogP contribution in [0.15, 0.2) is 48.5 Å². The van der Waals surface area contributed by atoms with Crippen LogP contribution in [0.3, 0.4) is 0 Å². The lowest BCUT2D eigenvalue weighted by atomic mass is 10.0. The molecule has 2 fully saturated rings. The van der Waals surface area contributed by atoms with Crippen molar-refractivity contribution in [2.45, 2.75) is 44.9 Å². The number of hydrogen-bond acceptors (Lipinski definition) is 3. The molecule has 2 heterocycles. The summed E-state index contributed by atoms with van der Waals surface area (Å²) in [6.45, 7) is 3.73. The maximum absolute atomic E-state index is 13.1. The summed E-state index contributed by atoms with van der Waals surface area (Å²) in [6.07, 6.45) is 5.97. The predicted molar refractivity (Wildman–Crippen MR) is 124 cm³/mol. The van der Waals surface area contributed by atoms with Gasteiger partial charge in [0.15, 0.2) is 5.69 Å². The highest BCUT2D eigenvalue weighted by Gasteiger charge is 2.26. The Morgan fingerprint density at radius 3 is 2.42 bits per heavy atom. The largest absolute Gasteiger partial charge is 0.286 e. The molecular weight excluding hydrogens is 408 g/mol. The minimum atomic E-state index is -0.166. The summed E-state index contributed by atoms with van der Waals surface area (Å²) in [7, 11) is 0. The van der Waals surface area contributed by atoms with Crippen LogP contribution in [0.4, 0.5) is 0 Å². The quantitative estimate of drug-likeness (QED) is 0.576. The second-order valence-electron chi connectivity index (χ2n) is 8.57. The number of hydrazine groups is 1. The molecule has 160 valence electrons. The number of carbonyl (C=O) groups is 1. The fourth-order valence-corrected chi connectivity index (χ4v) is 4.60. The van der Waals surface area contributed by atoms with E-state index in [0.717, 1.165) is 48.4 Å². The van der Waals surface area contributed by atoms with Crippen LogP contribution < -0.4 is 5.43 Å². The van der Waals surface area contributed by atoms with E-state index < -0.39 is 0 Å². The van der Waals surface area contributed by atoms with Crippen molar-refractivity contribution >= 4 is 17.5 Å². The molecule has 1 N–H and O–H groups in total. The molecule has 1 saturated carbocycles. The van der Waals surface area contributed by atoms with Gasteiger partial charge in [0.1, 0.15) is 0 Å². The zero-order valence-electron chi connectivity index (χ0n) is 17.8. The topological polar surface area (TPSA) is 50.2 Å². The van der Waals surface area contributed by atoms with Gasteiger partial charge in [-0.3, -0.25) is 10.2 Å². The molecule has 0 unspecified atom stereocenters. The maximum atomic E-state index is 13.1. The zero-order chi connectivity index (χ0) is 21.4. The predicted octanol–water partition coefficient (Wildman–Crippen LogP) is 5.51. The number of hydrogen-bond donors (Lipinski definition) is 1. The van der Waals surface area contributed by atoms with Crippen molar-refractivity contribution < 1.29 is 4.79 Å². The first kappa shape index (κ1) is 20.3. The smallest absolute Gasteiger partial charge is 0.283 e. The van der Waals surface area contributed by atoms with Crippen LogP contribution in [0.25, 0.3) is 16.9 Å². The third-order valence-corrected chi connectivity index (χ3v) is 6.59. The molecule has 2 aromatic carbocycles. The average Bonchev–Trinajstić information content (AvgIpc) is 3.58. The summed E-state index contributed by atoms with van der Waals surface area (Å²) < 4.78 is 1.81. The van der Waals surface area contributed by atoms with Gasteiger partial charge in [0.25, 0.3) is 5.91 Å². The Labute approximate surface area is 188 Å². The van der Waals surface area contributed by atoms with E-state index in [1.165, 1.54) is 24.8 Å². The lowest BCUT2D eigenvalue weighted by Crippen LogP contribution is -2.45. The van der Waals surface area contributed by atoms with Crippen LogP contribution in [0.2, 0.25) is 5.02 Å². The molecule has 1 aliphatic carbocycles. The van der Waals surface area contributed by atoms with Crippen molar-refractivity contribution in [3.63, 3.8) is 0 Å². The number of benzene rings is 2. The average molecular weight is 435 g/mol. The van der Waals surface area contributed by atoms with Gasteiger partial charge in [-0.15, -0.1) is 0 Å². The summed E-state index contributed by atoms with van der Waals surface area (Å²) in [4.78, 5) is 13.1. The Kier molecular flexibility index (Phi) is 5.55. The van der Waals surface area contributed by atoms with Crippen LogP contribution in [-0.2, 0) is 0 Å². The molecule has 0 bridgehead atoms. The van der Waals surface area contributed by atoms with Crippen molar-refractivity contribution in [3.05, 3.63) is 70.4 Å². The highest BCUT2D eigenvalue weighted by molar-refractivity contribution is 6.32. The molecule has 5 nitrogen and oxygen atoms in total. The lowest BCUT2D eigenvalue weighted by molar-refractivity contribution is 0.0743. The molecule has 0 atom stereocenters. The van der Waals surface area contributed by atoms with E-state index in [1.54, 1.807) is 0 Å². The Hall–Kier alpha value is -2.63. The number of nitrogens with zero attached hydrogens (tertiary/aromatic N) is 3. The molecule has 1 amide bonds. The number of carbonyl (C=O) groups excluding carboxylic acids is 1. The number of para-hydroxylation sites is 1. The molecule has 1 aliphatic heterocycles. The Bertz CT molecular complexity index is 1100. The summed E-state index contributed by atoms with van der Waals surface area (Å²) in [6, 6.07) is 16.3. The maximum Gasteiger partial charge on any atom is 0.286 e. The van der Waals surface area contributed by atoms with Gasteiger partial charge in [-0.2, -0.15) is 5.10 Å². The van der Waals surface area contributed by atoms with Gasteiger partial charge in [-0.1, -0.05) is 54.4 Å². The van der Waals surface area contributed by atoms with E-state index >= 15 is 0 Å². The molecule has 0 radical (unpaired) electrons. The molecule has 3 aromatic rings.